The summed E-state index contributed by atoms with van der Waals surface area (Å²) in [6, 6.07) is 0. The Hall–Kier alpha value is -2.25. The smallest absolute Gasteiger partial charge is 0.390 e. The fraction of sp³-hybridized carbons (Fsp3) is 0. The van der Waals surface area contributed by atoms with Gasteiger partial charge in [0.15, 0.2) is 0 Å². The zero-order valence-corrected chi connectivity index (χ0v) is 9.05. The van der Waals surface area contributed by atoms with Gasteiger partial charge >= 0.3 is 10.4 Å². The van der Waals surface area contributed by atoms with Gasteiger partial charge in [-0.25, -0.2) is 5.48 Å². The highest BCUT2D eigenvalue weighted by atomic mass is 32.3. The van der Waals surface area contributed by atoms with Crippen LogP contribution in [0.15, 0.2) is 0 Å². The number of rotatable bonds is 3. The summed E-state index contributed by atoms with van der Waals surface area (Å²) < 4.78 is 32.1. The molecule has 0 amide bonds. The fourth-order valence-electron chi connectivity index (χ4n) is 0.545. The van der Waals surface area contributed by atoms with Gasteiger partial charge in [0.05, 0.1) is 6.34 Å². The van der Waals surface area contributed by atoms with Crippen molar-refractivity contribution in [3.63, 3.8) is 0 Å². The molecule has 0 spiro atoms. The van der Waals surface area contributed by atoms with E-state index in [2.05, 4.69) is 25.0 Å². The van der Waals surface area contributed by atoms with Crippen LogP contribution in [0, 0.1) is 5.41 Å². The van der Waals surface area contributed by atoms with Crippen molar-refractivity contribution >= 4 is 34.6 Å². The molecule has 0 aromatic carbocycles. The van der Waals surface area contributed by atoms with Crippen LogP contribution < -0.4 is 22.7 Å². The van der Waals surface area contributed by atoms with Crippen molar-refractivity contribution in [2.75, 3.05) is 16.9 Å². The van der Waals surface area contributed by atoms with E-state index < -0.39 is 10.4 Å². The van der Waals surface area contributed by atoms with E-state index in [0.717, 1.165) is 6.34 Å². The first-order chi connectivity index (χ1) is 7.78. The Labute approximate surface area is 95.6 Å². The topological polar surface area (TPSA) is 216 Å². The number of hydrogen-bond acceptors (Lipinski definition) is 10. The molecule has 0 bridgehead atoms. The Morgan fingerprint density at radius 3 is 2.06 bits per heavy atom. The van der Waals surface area contributed by atoms with Gasteiger partial charge in [-0.3, -0.25) is 9.96 Å². The molecule has 0 fully saturated rings. The lowest BCUT2D eigenvalue weighted by atomic mass is 10.8. The number of aromatic nitrogens is 3. The molecule has 0 atom stereocenters. The van der Waals surface area contributed by atoms with Gasteiger partial charge in [-0.15, -0.1) is 4.28 Å². The molecule has 9 N–H and O–H groups in total. The van der Waals surface area contributed by atoms with Crippen molar-refractivity contribution in [2.24, 2.45) is 5.73 Å². The van der Waals surface area contributed by atoms with Gasteiger partial charge in [0.1, 0.15) is 0 Å². The van der Waals surface area contributed by atoms with Crippen LogP contribution in [-0.2, 0) is 14.7 Å². The lowest BCUT2D eigenvalue weighted by Crippen LogP contribution is -2.13. The third kappa shape index (κ3) is 7.65. The van der Waals surface area contributed by atoms with Gasteiger partial charge in [0.2, 0.25) is 11.9 Å². The summed E-state index contributed by atoms with van der Waals surface area (Å²) in [4.78, 5) is 10.2. The minimum absolute atomic E-state index is 0.223. The van der Waals surface area contributed by atoms with Crippen LogP contribution in [0.1, 0.15) is 0 Å². The normalized spacial score (nSPS) is 9.94. The van der Waals surface area contributed by atoms with Crippen LogP contribution in [0.3, 0.4) is 0 Å². The predicted octanol–water partition coefficient (Wildman–Crippen LogP) is -2.27. The second-order valence-electron chi connectivity index (χ2n) is 2.16. The van der Waals surface area contributed by atoms with E-state index in [0.29, 0.717) is 0 Å². The molecule has 17 heavy (non-hydrogen) atoms. The quantitative estimate of drug-likeness (QED) is 0.148. The summed E-state index contributed by atoms with van der Waals surface area (Å²) in [6.45, 7) is 0. The molecule has 1 rings (SSSR count). The molecule has 96 valence electrons. The molecule has 1 heterocycles. The Bertz CT molecular complexity index is 454. The highest BCUT2D eigenvalue weighted by Gasteiger charge is 2.07. The predicted molar refractivity (Wildman–Crippen MR) is 57.9 cm³/mol. The maximum Gasteiger partial charge on any atom is 0.418 e. The fourth-order valence-corrected chi connectivity index (χ4v) is 0.725. The van der Waals surface area contributed by atoms with E-state index in [9.17, 15) is 8.42 Å². The number of nitrogens with zero attached hydrogens (tertiary/aromatic N) is 3. The van der Waals surface area contributed by atoms with Crippen molar-refractivity contribution in [2.45, 2.75) is 0 Å². The van der Waals surface area contributed by atoms with Gasteiger partial charge in [-0.1, -0.05) is 0 Å². The van der Waals surface area contributed by atoms with Gasteiger partial charge in [0, 0.05) is 0 Å². The number of nitrogens with one attached hydrogen (secondary N) is 2. The first-order valence-corrected chi connectivity index (χ1v) is 5.04. The first-order valence-electron chi connectivity index (χ1n) is 3.68. The molecule has 13 heteroatoms. The molecule has 0 radical (unpaired) electrons. The standard InChI is InChI=1S/C3H6N6O4S.CH4N2/c4-1-6-2(5)8-3(7-1)9-13-14(10,11)12;2-1-3/h(H,10,11,12)(H5,4,5,6,7,8,9);1H,(H3,2,3). The molecule has 0 saturated heterocycles. The highest BCUT2D eigenvalue weighted by molar-refractivity contribution is 7.80. The average molecular weight is 266 g/mol. The second-order valence-corrected chi connectivity index (χ2v) is 3.18. The zero-order valence-electron chi connectivity index (χ0n) is 8.23. The van der Waals surface area contributed by atoms with E-state index in [1.807, 2.05) is 0 Å². The summed E-state index contributed by atoms with van der Waals surface area (Å²) in [5.74, 6) is -0.787. The summed E-state index contributed by atoms with van der Waals surface area (Å²) in [7, 11) is -4.64. The zero-order chi connectivity index (χ0) is 13.5. The van der Waals surface area contributed by atoms with Crippen LogP contribution in [0.4, 0.5) is 17.8 Å². The number of nitrogen functional groups attached to an aromatic ring is 2. The molecule has 0 aliphatic carbocycles. The van der Waals surface area contributed by atoms with E-state index in [4.69, 9.17) is 21.4 Å². The minimum Gasteiger partial charge on any atom is -0.390 e. The van der Waals surface area contributed by atoms with Crippen molar-refractivity contribution in [3.05, 3.63) is 0 Å². The molecular weight excluding hydrogens is 256 g/mol. The van der Waals surface area contributed by atoms with Gasteiger partial charge in [-0.2, -0.15) is 23.4 Å². The summed E-state index contributed by atoms with van der Waals surface area (Å²) >= 11 is 0. The Morgan fingerprint density at radius 2 is 1.71 bits per heavy atom. The monoisotopic (exact) mass is 266 g/mol. The average Bonchev–Trinajstić information content (AvgIpc) is 2.13. The number of nitrogens with two attached hydrogens (primary N) is 3. The minimum atomic E-state index is -4.64. The van der Waals surface area contributed by atoms with Crippen molar-refractivity contribution < 1.29 is 17.3 Å². The molecular formula is C4H10N8O4S. The molecule has 12 nitrogen and oxygen atoms in total. The molecule has 0 saturated carbocycles. The van der Waals surface area contributed by atoms with Gasteiger partial charge in [0.25, 0.3) is 5.95 Å². The Kier molecular flexibility index (Phi) is 5.52. The largest absolute Gasteiger partial charge is 0.418 e. The first kappa shape index (κ1) is 14.8. The Balaban J connectivity index is 0.000000770. The number of hydrogen-bond donors (Lipinski definition) is 6. The number of anilines is 3. The SMILES string of the molecule is N=CN.Nc1nc(N)nc(NOS(=O)(=O)O)n1. The lowest BCUT2D eigenvalue weighted by molar-refractivity contribution is 0.317. The van der Waals surface area contributed by atoms with Gasteiger partial charge < -0.3 is 17.2 Å². The maximum absolute atomic E-state index is 10.1. The van der Waals surface area contributed by atoms with Crippen LogP contribution in [0.2, 0.25) is 0 Å². The van der Waals surface area contributed by atoms with Crippen molar-refractivity contribution in [1.82, 2.24) is 15.0 Å². The third-order valence-corrected chi connectivity index (χ3v) is 1.20. The molecule has 0 aliphatic heterocycles. The van der Waals surface area contributed by atoms with E-state index >= 15 is 0 Å². The Morgan fingerprint density at radius 1 is 1.29 bits per heavy atom. The third-order valence-electron chi connectivity index (χ3n) is 0.908. The van der Waals surface area contributed by atoms with Crippen LogP contribution in [-0.4, -0.2) is 34.3 Å². The molecule has 0 aliphatic rings. The summed E-state index contributed by atoms with van der Waals surface area (Å²) in [5.41, 5.74) is 16.4. The molecule has 0 unspecified atom stereocenters. The van der Waals surface area contributed by atoms with Crippen molar-refractivity contribution in [3.8, 4) is 0 Å². The van der Waals surface area contributed by atoms with Gasteiger partial charge in [-0.05, 0) is 0 Å². The van der Waals surface area contributed by atoms with Crippen LogP contribution >= 0.6 is 0 Å². The van der Waals surface area contributed by atoms with Crippen LogP contribution in [0.5, 0.6) is 0 Å². The highest BCUT2D eigenvalue weighted by Crippen LogP contribution is 2.03. The van der Waals surface area contributed by atoms with E-state index in [-0.39, 0.29) is 17.8 Å². The summed E-state index contributed by atoms with van der Waals surface area (Å²) in [5, 5.41) is 5.86. The molecule has 1 aromatic heterocycles. The lowest BCUT2D eigenvalue weighted by Gasteiger charge is -2.02. The van der Waals surface area contributed by atoms with Crippen molar-refractivity contribution in [1.29, 1.82) is 5.41 Å². The van der Waals surface area contributed by atoms with E-state index in [1.54, 1.807) is 5.48 Å². The van der Waals surface area contributed by atoms with Crippen LogP contribution in [0.25, 0.3) is 0 Å². The summed E-state index contributed by atoms with van der Waals surface area (Å²) in [6.07, 6.45) is 0.750. The van der Waals surface area contributed by atoms with E-state index in [1.165, 1.54) is 0 Å². The molecule has 1 aromatic rings. The second kappa shape index (κ2) is 6.36. The maximum atomic E-state index is 10.1.